The second kappa shape index (κ2) is 4.78. The average Bonchev–Trinajstić information content (AvgIpc) is 2.48. The van der Waals surface area contributed by atoms with Gasteiger partial charge in [-0.05, 0) is 24.8 Å². The zero-order chi connectivity index (χ0) is 10.7. The summed E-state index contributed by atoms with van der Waals surface area (Å²) >= 11 is 0. The Balaban J connectivity index is 2.63. The third-order valence-electron chi connectivity index (χ3n) is 3.16. The second-order valence-electron chi connectivity index (χ2n) is 4.57. The predicted octanol–water partition coefficient (Wildman–Crippen LogP) is 1.23. The van der Waals surface area contributed by atoms with Gasteiger partial charge >= 0.3 is 0 Å². The SMILES string of the molecule is CCC(C(C)C)N1CC(CN)CC1=O. The van der Waals surface area contributed by atoms with Gasteiger partial charge in [0.15, 0.2) is 0 Å². The molecule has 0 bridgehead atoms. The summed E-state index contributed by atoms with van der Waals surface area (Å²) in [4.78, 5) is 13.7. The molecule has 1 heterocycles. The van der Waals surface area contributed by atoms with Gasteiger partial charge in [-0.1, -0.05) is 20.8 Å². The van der Waals surface area contributed by atoms with Crippen molar-refractivity contribution in [1.82, 2.24) is 4.90 Å². The number of hydrogen-bond donors (Lipinski definition) is 1. The van der Waals surface area contributed by atoms with E-state index in [0.29, 0.717) is 36.8 Å². The van der Waals surface area contributed by atoms with Gasteiger partial charge in [0.25, 0.3) is 0 Å². The van der Waals surface area contributed by atoms with Gasteiger partial charge in [0, 0.05) is 19.0 Å². The molecule has 2 unspecified atom stereocenters. The molecule has 2 atom stereocenters. The molecule has 1 saturated heterocycles. The lowest BCUT2D eigenvalue weighted by atomic mass is 10.0. The maximum atomic E-state index is 11.7. The summed E-state index contributed by atoms with van der Waals surface area (Å²) in [6.45, 7) is 8.00. The van der Waals surface area contributed by atoms with Crippen LogP contribution < -0.4 is 5.73 Å². The van der Waals surface area contributed by atoms with Crippen LogP contribution >= 0.6 is 0 Å². The van der Waals surface area contributed by atoms with E-state index in [-0.39, 0.29) is 0 Å². The summed E-state index contributed by atoms with van der Waals surface area (Å²) in [5.74, 6) is 1.22. The molecule has 0 aromatic carbocycles. The Bertz CT molecular complexity index is 203. The van der Waals surface area contributed by atoms with Crippen molar-refractivity contribution in [3.63, 3.8) is 0 Å². The van der Waals surface area contributed by atoms with Crippen molar-refractivity contribution in [2.75, 3.05) is 13.1 Å². The third kappa shape index (κ3) is 2.27. The van der Waals surface area contributed by atoms with Crippen LogP contribution in [0.15, 0.2) is 0 Å². The van der Waals surface area contributed by atoms with Gasteiger partial charge in [0.05, 0.1) is 0 Å². The van der Waals surface area contributed by atoms with Crippen molar-refractivity contribution < 1.29 is 4.79 Å². The van der Waals surface area contributed by atoms with Crippen LogP contribution in [0.1, 0.15) is 33.6 Å². The number of carbonyl (C=O) groups excluding carboxylic acids is 1. The van der Waals surface area contributed by atoms with Crippen LogP contribution in [0.5, 0.6) is 0 Å². The maximum Gasteiger partial charge on any atom is 0.223 e. The summed E-state index contributed by atoms with van der Waals surface area (Å²) in [7, 11) is 0. The topological polar surface area (TPSA) is 46.3 Å². The molecule has 0 aromatic heterocycles. The van der Waals surface area contributed by atoms with Crippen LogP contribution in [0.25, 0.3) is 0 Å². The summed E-state index contributed by atoms with van der Waals surface area (Å²) < 4.78 is 0. The quantitative estimate of drug-likeness (QED) is 0.738. The van der Waals surface area contributed by atoms with E-state index in [0.717, 1.165) is 13.0 Å². The van der Waals surface area contributed by atoms with Gasteiger partial charge in [-0.2, -0.15) is 0 Å². The average molecular weight is 198 g/mol. The second-order valence-corrected chi connectivity index (χ2v) is 4.57. The third-order valence-corrected chi connectivity index (χ3v) is 3.16. The highest BCUT2D eigenvalue weighted by Gasteiger charge is 2.33. The fourth-order valence-electron chi connectivity index (χ4n) is 2.34. The van der Waals surface area contributed by atoms with Crippen molar-refractivity contribution in [3.8, 4) is 0 Å². The Kier molecular flexibility index (Phi) is 3.93. The van der Waals surface area contributed by atoms with E-state index < -0.39 is 0 Å². The molecule has 0 spiro atoms. The Morgan fingerprint density at radius 3 is 2.57 bits per heavy atom. The molecule has 2 N–H and O–H groups in total. The molecule has 1 aliphatic heterocycles. The Labute approximate surface area is 86.6 Å². The first-order valence-electron chi connectivity index (χ1n) is 5.59. The fourth-order valence-corrected chi connectivity index (χ4v) is 2.34. The minimum atomic E-state index is 0.293. The largest absolute Gasteiger partial charge is 0.339 e. The standard InChI is InChI=1S/C11H22N2O/c1-4-10(8(2)3)13-7-9(6-12)5-11(13)14/h8-10H,4-7,12H2,1-3H3. The van der Waals surface area contributed by atoms with Crippen molar-refractivity contribution in [3.05, 3.63) is 0 Å². The molecule has 0 aromatic rings. The Morgan fingerprint density at radius 2 is 2.21 bits per heavy atom. The van der Waals surface area contributed by atoms with Crippen molar-refractivity contribution in [1.29, 1.82) is 0 Å². The molecule has 3 nitrogen and oxygen atoms in total. The molecule has 1 fully saturated rings. The maximum absolute atomic E-state index is 11.7. The number of hydrogen-bond acceptors (Lipinski definition) is 2. The molecule has 3 heteroatoms. The normalized spacial score (nSPS) is 24.8. The van der Waals surface area contributed by atoms with Crippen LogP contribution in [0.3, 0.4) is 0 Å². The highest BCUT2D eigenvalue weighted by molar-refractivity contribution is 5.79. The molecule has 0 radical (unpaired) electrons. The highest BCUT2D eigenvalue weighted by atomic mass is 16.2. The van der Waals surface area contributed by atoms with Crippen molar-refractivity contribution >= 4 is 5.91 Å². The molecule has 1 aliphatic rings. The number of nitrogens with two attached hydrogens (primary N) is 1. The first-order valence-corrected chi connectivity index (χ1v) is 5.59. The minimum absolute atomic E-state index is 0.293. The molecule has 1 amide bonds. The number of carbonyl (C=O) groups is 1. The van der Waals surface area contributed by atoms with E-state index >= 15 is 0 Å². The van der Waals surface area contributed by atoms with Gasteiger partial charge in [0.2, 0.25) is 5.91 Å². The first-order chi connectivity index (χ1) is 6.60. The highest BCUT2D eigenvalue weighted by Crippen LogP contribution is 2.24. The number of amides is 1. The van der Waals surface area contributed by atoms with E-state index in [4.69, 9.17) is 5.73 Å². The lowest BCUT2D eigenvalue weighted by Crippen LogP contribution is -2.39. The Morgan fingerprint density at radius 1 is 1.57 bits per heavy atom. The molecule has 0 aliphatic carbocycles. The van der Waals surface area contributed by atoms with E-state index in [9.17, 15) is 4.79 Å². The zero-order valence-electron chi connectivity index (χ0n) is 9.49. The molecular formula is C11H22N2O. The lowest BCUT2D eigenvalue weighted by molar-refractivity contribution is -0.130. The van der Waals surface area contributed by atoms with Gasteiger partial charge in [-0.25, -0.2) is 0 Å². The monoisotopic (exact) mass is 198 g/mol. The molecular weight excluding hydrogens is 176 g/mol. The van der Waals surface area contributed by atoms with Gasteiger partial charge < -0.3 is 10.6 Å². The van der Waals surface area contributed by atoms with Gasteiger partial charge in [-0.15, -0.1) is 0 Å². The predicted molar refractivity (Wildman–Crippen MR) is 57.8 cm³/mol. The zero-order valence-corrected chi connectivity index (χ0v) is 9.49. The first kappa shape index (κ1) is 11.5. The van der Waals surface area contributed by atoms with Crippen LogP contribution in [-0.2, 0) is 4.79 Å². The Hall–Kier alpha value is -0.570. The van der Waals surface area contributed by atoms with E-state index in [2.05, 4.69) is 20.8 Å². The molecule has 1 rings (SSSR count). The molecule has 82 valence electrons. The minimum Gasteiger partial charge on any atom is -0.339 e. The summed E-state index contributed by atoms with van der Waals surface area (Å²) in [6.07, 6.45) is 1.69. The fraction of sp³-hybridized carbons (Fsp3) is 0.909. The van der Waals surface area contributed by atoms with Crippen molar-refractivity contribution in [2.24, 2.45) is 17.6 Å². The number of rotatable bonds is 4. The lowest BCUT2D eigenvalue weighted by Gasteiger charge is -2.30. The number of likely N-dealkylation sites (tertiary alicyclic amines) is 1. The van der Waals surface area contributed by atoms with Crippen LogP contribution in [0.2, 0.25) is 0 Å². The van der Waals surface area contributed by atoms with Gasteiger partial charge in [-0.3, -0.25) is 4.79 Å². The van der Waals surface area contributed by atoms with Gasteiger partial charge in [0.1, 0.15) is 0 Å². The van der Waals surface area contributed by atoms with E-state index in [1.54, 1.807) is 0 Å². The molecule has 0 saturated carbocycles. The molecule has 14 heavy (non-hydrogen) atoms. The summed E-state index contributed by atoms with van der Waals surface area (Å²) in [5.41, 5.74) is 5.60. The summed E-state index contributed by atoms with van der Waals surface area (Å²) in [6, 6.07) is 0.402. The van der Waals surface area contributed by atoms with Crippen LogP contribution in [0, 0.1) is 11.8 Å². The summed E-state index contributed by atoms with van der Waals surface area (Å²) in [5, 5.41) is 0. The van der Waals surface area contributed by atoms with E-state index in [1.807, 2.05) is 4.90 Å². The van der Waals surface area contributed by atoms with Crippen LogP contribution in [0.4, 0.5) is 0 Å². The van der Waals surface area contributed by atoms with Crippen molar-refractivity contribution in [2.45, 2.75) is 39.7 Å². The smallest absolute Gasteiger partial charge is 0.223 e. The number of nitrogens with zero attached hydrogens (tertiary/aromatic N) is 1. The van der Waals surface area contributed by atoms with Crippen LogP contribution in [-0.4, -0.2) is 29.9 Å². The van der Waals surface area contributed by atoms with E-state index in [1.165, 1.54) is 0 Å².